The highest BCUT2D eigenvalue weighted by Gasteiger charge is 2.19. The van der Waals surface area contributed by atoms with Crippen molar-refractivity contribution in [3.8, 4) is 0 Å². The third-order valence-corrected chi connectivity index (χ3v) is 5.61. The van der Waals surface area contributed by atoms with E-state index < -0.39 is 0 Å². The zero-order valence-corrected chi connectivity index (χ0v) is 16.8. The van der Waals surface area contributed by atoms with E-state index in [2.05, 4.69) is 15.6 Å². The first-order chi connectivity index (χ1) is 14.1. The Bertz CT molecular complexity index is 1040. The highest BCUT2D eigenvalue weighted by Crippen LogP contribution is 2.19. The van der Waals surface area contributed by atoms with Gasteiger partial charge in [-0.05, 0) is 37.1 Å². The summed E-state index contributed by atoms with van der Waals surface area (Å²) in [4.78, 5) is 29.7. The molecule has 0 aliphatic heterocycles. The summed E-state index contributed by atoms with van der Waals surface area (Å²) in [5, 5.41) is 6.38. The second kappa shape index (κ2) is 8.66. The molecular weight excluding hydrogens is 388 g/mol. The summed E-state index contributed by atoms with van der Waals surface area (Å²) in [6.07, 6.45) is 4.41. The van der Waals surface area contributed by atoms with Gasteiger partial charge in [0.15, 0.2) is 0 Å². The average molecular weight is 411 g/mol. The van der Waals surface area contributed by atoms with E-state index >= 15 is 0 Å². The number of amides is 2. The zero-order valence-electron chi connectivity index (χ0n) is 16.0. The summed E-state index contributed by atoms with van der Waals surface area (Å²) in [6, 6.07) is 14.8. The molecule has 0 spiro atoms. The maximum Gasteiger partial charge on any atom is 0.253 e. The van der Waals surface area contributed by atoms with Gasteiger partial charge in [-0.2, -0.15) is 0 Å². The number of nitrogens with zero attached hydrogens (tertiary/aromatic N) is 2. The first-order valence-corrected chi connectivity index (χ1v) is 10.3. The number of para-hydroxylation sites is 2. The number of nitrogens with one attached hydrogen (secondary N) is 2. The fourth-order valence-corrected chi connectivity index (χ4v) is 4.05. The number of rotatable bonds is 6. The minimum atomic E-state index is -0.274. The van der Waals surface area contributed by atoms with Crippen molar-refractivity contribution >= 4 is 34.4 Å². The Hall–Kier alpha value is -2.86. The SMILES string of the molecule is O=C(Cn1c(CNC(=O)c2ccccc2Cl)nc2ccccc21)NC1CCCC1. The van der Waals surface area contributed by atoms with Gasteiger partial charge < -0.3 is 15.2 Å². The van der Waals surface area contributed by atoms with E-state index in [0.717, 1.165) is 36.7 Å². The van der Waals surface area contributed by atoms with E-state index in [4.69, 9.17) is 11.6 Å². The Morgan fingerprint density at radius 3 is 2.59 bits per heavy atom. The molecule has 29 heavy (non-hydrogen) atoms. The van der Waals surface area contributed by atoms with Gasteiger partial charge >= 0.3 is 0 Å². The minimum absolute atomic E-state index is 0.0290. The molecule has 7 heteroatoms. The summed E-state index contributed by atoms with van der Waals surface area (Å²) >= 11 is 6.11. The topological polar surface area (TPSA) is 76.0 Å². The van der Waals surface area contributed by atoms with Crippen LogP contribution in [0.1, 0.15) is 41.9 Å². The summed E-state index contributed by atoms with van der Waals surface area (Å²) in [6.45, 7) is 0.379. The fraction of sp³-hybridized carbons (Fsp3) is 0.318. The van der Waals surface area contributed by atoms with E-state index in [0.29, 0.717) is 16.4 Å². The van der Waals surface area contributed by atoms with Crippen molar-refractivity contribution in [3.05, 3.63) is 64.9 Å². The number of aromatic nitrogens is 2. The smallest absolute Gasteiger partial charge is 0.253 e. The van der Waals surface area contributed by atoms with Crippen LogP contribution >= 0.6 is 11.6 Å². The van der Waals surface area contributed by atoms with Crippen LogP contribution in [-0.4, -0.2) is 27.4 Å². The van der Waals surface area contributed by atoms with Crippen LogP contribution in [0.5, 0.6) is 0 Å². The van der Waals surface area contributed by atoms with Gasteiger partial charge in [0.25, 0.3) is 5.91 Å². The lowest BCUT2D eigenvalue weighted by molar-refractivity contribution is -0.122. The summed E-state index contributed by atoms with van der Waals surface area (Å²) in [7, 11) is 0. The molecule has 2 N–H and O–H groups in total. The molecule has 4 rings (SSSR count). The predicted octanol–water partition coefficient (Wildman–Crippen LogP) is 3.68. The van der Waals surface area contributed by atoms with Crippen molar-refractivity contribution in [1.29, 1.82) is 0 Å². The molecule has 1 aliphatic rings. The second-order valence-electron chi connectivity index (χ2n) is 7.31. The monoisotopic (exact) mass is 410 g/mol. The molecule has 1 aliphatic carbocycles. The van der Waals surface area contributed by atoms with Gasteiger partial charge in [0.1, 0.15) is 12.4 Å². The summed E-state index contributed by atoms with van der Waals surface area (Å²) < 4.78 is 1.87. The second-order valence-corrected chi connectivity index (χ2v) is 7.72. The van der Waals surface area contributed by atoms with Crippen molar-refractivity contribution < 1.29 is 9.59 Å². The van der Waals surface area contributed by atoms with Gasteiger partial charge in [-0.3, -0.25) is 9.59 Å². The molecule has 2 aromatic carbocycles. The predicted molar refractivity (Wildman–Crippen MR) is 113 cm³/mol. The molecule has 1 heterocycles. The lowest BCUT2D eigenvalue weighted by Crippen LogP contribution is -2.35. The molecule has 0 radical (unpaired) electrons. The van der Waals surface area contributed by atoms with E-state index in [-0.39, 0.29) is 30.9 Å². The lowest BCUT2D eigenvalue weighted by Gasteiger charge is -2.14. The van der Waals surface area contributed by atoms with Gasteiger partial charge in [-0.25, -0.2) is 4.98 Å². The third kappa shape index (κ3) is 4.43. The fourth-order valence-electron chi connectivity index (χ4n) is 3.82. The van der Waals surface area contributed by atoms with Crippen LogP contribution in [0.25, 0.3) is 11.0 Å². The molecule has 0 atom stereocenters. The number of carbonyl (C=O) groups is 2. The van der Waals surface area contributed by atoms with E-state index in [1.54, 1.807) is 24.3 Å². The zero-order chi connectivity index (χ0) is 20.2. The standard InChI is InChI=1S/C22H23ClN4O2/c23-17-10-4-3-9-16(17)22(29)24-13-20-26-18-11-5-6-12-19(18)27(20)14-21(28)25-15-7-1-2-8-15/h3-6,9-12,15H,1-2,7-8,13-14H2,(H,24,29)(H,25,28). The van der Waals surface area contributed by atoms with Gasteiger partial charge in [-0.1, -0.05) is 48.7 Å². The Morgan fingerprint density at radius 2 is 1.79 bits per heavy atom. The highest BCUT2D eigenvalue weighted by atomic mass is 35.5. The molecule has 0 unspecified atom stereocenters. The molecule has 2 amide bonds. The third-order valence-electron chi connectivity index (χ3n) is 5.28. The van der Waals surface area contributed by atoms with Crippen LogP contribution in [0.15, 0.2) is 48.5 Å². The Balaban J connectivity index is 1.52. The lowest BCUT2D eigenvalue weighted by atomic mass is 10.2. The number of fused-ring (bicyclic) bond motifs is 1. The summed E-state index contributed by atoms with van der Waals surface area (Å²) in [5.41, 5.74) is 2.08. The highest BCUT2D eigenvalue weighted by molar-refractivity contribution is 6.33. The molecule has 1 aromatic heterocycles. The first-order valence-electron chi connectivity index (χ1n) is 9.88. The molecule has 6 nitrogen and oxygen atoms in total. The van der Waals surface area contributed by atoms with Crippen LogP contribution in [0, 0.1) is 0 Å². The van der Waals surface area contributed by atoms with E-state index in [1.807, 2.05) is 28.8 Å². The number of hydrogen-bond acceptors (Lipinski definition) is 3. The molecule has 3 aromatic rings. The molecule has 0 saturated heterocycles. The van der Waals surface area contributed by atoms with Gasteiger partial charge in [-0.15, -0.1) is 0 Å². The Labute approximate surface area is 174 Å². The molecular formula is C22H23ClN4O2. The number of imidazole rings is 1. The van der Waals surface area contributed by atoms with Crippen molar-refractivity contribution in [2.75, 3.05) is 0 Å². The van der Waals surface area contributed by atoms with E-state index in [9.17, 15) is 9.59 Å². The number of carbonyl (C=O) groups excluding carboxylic acids is 2. The Morgan fingerprint density at radius 1 is 1.07 bits per heavy atom. The average Bonchev–Trinajstić information content (AvgIpc) is 3.34. The number of hydrogen-bond donors (Lipinski definition) is 2. The van der Waals surface area contributed by atoms with Gasteiger partial charge in [0.05, 0.1) is 28.2 Å². The first kappa shape index (κ1) is 19.5. The van der Waals surface area contributed by atoms with Gasteiger partial charge in [0.2, 0.25) is 5.91 Å². The molecule has 1 saturated carbocycles. The Kier molecular flexibility index (Phi) is 5.81. The molecule has 150 valence electrons. The number of benzene rings is 2. The normalized spacial score (nSPS) is 14.2. The minimum Gasteiger partial charge on any atom is -0.352 e. The van der Waals surface area contributed by atoms with Crippen LogP contribution in [-0.2, 0) is 17.9 Å². The molecule has 1 fully saturated rings. The van der Waals surface area contributed by atoms with Crippen molar-refractivity contribution in [2.45, 2.75) is 44.8 Å². The number of halogens is 1. The van der Waals surface area contributed by atoms with Gasteiger partial charge in [0, 0.05) is 6.04 Å². The van der Waals surface area contributed by atoms with E-state index in [1.165, 1.54) is 0 Å². The molecule has 0 bridgehead atoms. The van der Waals surface area contributed by atoms with Crippen molar-refractivity contribution in [1.82, 2.24) is 20.2 Å². The van der Waals surface area contributed by atoms with Crippen LogP contribution < -0.4 is 10.6 Å². The van der Waals surface area contributed by atoms with Crippen molar-refractivity contribution in [2.24, 2.45) is 0 Å². The van der Waals surface area contributed by atoms with Crippen LogP contribution in [0.3, 0.4) is 0 Å². The largest absolute Gasteiger partial charge is 0.352 e. The van der Waals surface area contributed by atoms with Crippen molar-refractivity contribution in [3.63, 3.8) is 0 Å². The maximum atomic E-state index is 12.6. The maximum absolute atomic E-state index is 12.6. The summed E-state index contributed by atoms with van der Waals surface area (Å²) in [5.74, 6) is 0.330. The quantitative estimate of drug-likeness (QED) is 0.650. The van der Waals surface area contributed by atoms with Crippen LogP contribution in [0.2, 0.25) is 5.02 Å². The van der Waals surface area contributed by atoms with Crippen LogP contribution in [0.4, 0.5) is 0 Å².